The second-order valence-electron chi connectivity index (χ2n) is 11.1. The number of hydrogen-bond donors (Lipinski definition) is 2. The zero-order valence-electron chi connectivity index (χ0n) is 22.6. The van der Waals surface area contributed by atoms with Crippen LogP contribution in [0.4, 0.5) is 0 Å². The standard InChI is InChI=1S/C31H35N5O4/c37-28(33-16-2-1-3-17-33)25-10-6-23(7-11-25)24-8-12-26(13-9-24)29(38)34-19-14-31(40,15-20-34)21-35-22-32-36-18-4-5-27(36)30(35)39/h4-13,18,32,40H,1-3,14-17,19-22H2. The summed E-state index contributed by atoms with van der Waals surface area (Å²) >= 11 is 0. The first kappa shape index (κ1) is 26.1. The Kier molecular flexibility index (Phi) is 7.06. The molecule has 208 valence electrons. The molecule has 4 heterocycles. The Morgan fingerprint density at radius 3 is 1.90 bits per heavy atom. The van der Waals surface area contributed by atoms with Crippen LogP contribution in [0, 0.1) is 0 Å². The lowest BCUT2D eigenvalue weighted by Gasteiger charge is -2.42. The molecule has 9 heteroatoms. The summed E-state index contributed by atoms with van der Waals surface area (Å²) in [7, 11) is 0. The first-order valence-electron chi connectivity index (χ1n) is 14.1. The summed E-state index contributed by atoms with van der Waals surface area (Å²) in [6.45, 7) is 3.07. The van der Waals surface area contributed by atoms with Crippen LogP contribution in [0.3, 0.4) is 0 Å². The van der Waals surface area contributed by atoms with E-state index in [2.05, 4.69) is 5.43 Å². The molecule has 6 rings (SSSR count). The van der Waals surface area contributed by atoms with Gasteiger partial charge < -0.3 is 25.2 Å². The van der Waals surface area contributed by atoms with E-state index in [0.717, 1.165) is 37.1 Å². The molecule has 9 nitrogen and oxygen atoms in total. The fourth-order valence-electron chi connectivity index (χ4n) is 5.93. The number of fused-ring (bicyclic) bond motifs is 1. The van der Waals surface area contributed by atoms with Gasteiger partial charge in [-0.2, -0.15) is 0 Å². The maximum Gasteiger partial charge on any atom is 0.273 e. The molecule has 0 radical (unpaired) electrons. The summed E-state index contributed by atoms with van der Waals surface area (Å²) in [5.74, 6) is -0.0846. The maximum atomic E-state index is 13.2. The highest BCUT2D eigenvalue weighted by Gasteiger charge is 2.38. The molecule has 3 aromatic rings. The smallest absolute Gasteiger partial charge is 0.273 e. The zero-order valence-corrected chi connectivity index (χ0v) is 22.6. The third kappa shape index (κ3) is 5.21. The number of carbonyl (C=O) groups excluding carboxylic acids is 3. The van der Waals surface area contributed by atoms with Gasteiger partial charge in [-0.3, -0.25) is 19.1 Å². The van der Waals surface area contributed by atoms with Crippen molar-refractivity contribution in [1.29, 1.82) is 0 Å². The van der Waals surface area contributed by atoms with Gasteiger partial charge in [-0.25, -0.2) is 0 Å². The average molecular weight is 542 g/mol. The summed E-state index contributed by atoms with van der Waals surface area (Å²) in [5.41, 5.74) is 5.94. The molecule has 40 heavy (non-hydrogen) atoms. The molecule has 2 saturated heterocycles. The molecule has 0 bridgehead atoms. The van der Waals surface area contributed by atoms with Crippen molar-refractivity contribution in [2.75, 3.05) is 44.8 Å². The number of carbonyl (C=O) groups is 3. The van der Waals surface area contributed by atoms with E-state index in [4.69, 9.17) is 0 Å². The predicted molar refractivity (Wildman–Crippen MR) is 151 cm³/mol. The van der Waals surface area contributed by atoms with Crippen molar-refractivity contribution in [1.82, 2.24) is 19.4 Å². The molecule has 0 unspecified atom stereocenters. The van der Waals surface area contributed by atoms with Crippen LogP contribution >= 0.6 is 0 Å². The Morgan fingerprint density at radius 1 is 0.775 bits per heavy atom. The highest BCUT2D eigenvalue weighted by Crippen LogP contribution is 2.27. The minimum Gasteiger partial charge on any atom is -0.388 e. The quantitative estimate of drug-likeness (QED) is 0.516. The van der Waals surface area contributed by atoms with E-state index in [9.17, 15) is 19.5 Å². The van der Waals surface area contributed by atoms with Crippen LogP contribution in [0.1, 0.15) is 63.3 Å². The van der Waals surface area contributed by atoms with Crippen molar-refractivity contribution in [3.8, 4) is 11.1 Å². The van der Waals surface area contributed by atoms with Crippen molar-refractivity contribution in [3.63, 3.8) is 0 Å². The van der Waals surface area contributed by atoms with Crippen molar-refractivity contribution in [3.05, 3.63) is 83.7 Å². The first-order valence-corrected chi connectivity index (χ1v) is 14.1. The van der Waals surface area contributed by atoms with E-state index < -0.39 is 5.60 Å². The van der Waals surface area contributed by atoms with E-state index in [1.165, 1.54) is 6.42 Å². The van der Waals surface area contributed by atoms with E-state index >= 15 is 0 Å². The van der Waals surface area contributed by atoms with Gasteiger partial charge in [0.25, 0.3) is 17.7 Å². The Balaban J connectivity index is 1.04. The highest BCUT2D eigenvalue weighted by molar-refractivity contribution is 5.96. The number of β-amino-alcohol motifs (C(OH)–C–C–N with tert-alkyl or cyclic N) is 1. The van der Waals surface area contributed by atoms with Crippen LogP contribution in [0.2, 0.25) is 0 Å². The molecule has 2 N–H and O–H groups in total. The van der Waals surface area contributed by atoms with Gasteiger partial charge in [0, 0.05) is 43.5 Å². The zero-order chi connectivity index (χ0) is 27.7. The molecule has 2 aromatic carbocycles. The van der Waals surface area contributed by atoms with Gasteiger partial charge in [0.2, 0.25) is 0 Å². The van der Waals surface area contributed by atoms with Crippen molar-refractivity contribution in [2.24, 2.45) is 0 Å². The fraction of sp³-hybridized carbons (Fsp3) is 0.387. The first-order chi connectivity index (χ1) is 19.4. The Labute approximate surface area is 233 Å². The SMILES string of the molecule is O=C(c1ccc(-c2ccc(C(=O)N3CCC(O)(CN4CNn5cccc5C4=O)CC3)cc2)cc1)N1CCCCC1. The van der Waals surface area contributed by atoms with Crippen LogP contribution in [-0.2, 0) is 0 Å². The second kappa shape index (κ2) is 10.8. The van der Waals surface area contributed by atoms with E-state index in [0.29, 0.717) is 49.4 Å². The van der Waals surface area contributed by atoms with Gasteiger partial charge in [-0.1, -0.05) is 24.3 Å². The fourth-order valence-corrected chi connectivity index (χ4v) is 5.93. The molecule has 3 aliphatic rings. The number of aromatic nitrogens is 1. The summed E-state index contributed by atoms with van der Waals surface area (Å²) in [6, 6.07) is 18.8. The molecule has 0 atom stereocenters. The van der Waals surface area contributed by atoms with Crippen molar-refractivity contribution >= 4 is 17.7 Å². The molecule has 0 aliphatic carbocycles. The predicted octanol–water partition coefficient (Wildman–Crippen LogP) is 3.41. The topological polar surface area (TPSA) is 98.1 Å². The molecule has 0 spiro atoms. The lowest BCUT2D eigenvalue weighted by molar-refractivity contribution is -0.0369. The third-order valence-corrected chi connectivity index (χ3v) is 8.39. The Bertz CT molecular complexity index is 1380. The van der Waals surface area contributed by atoms with Gasteiger partial charge in [-0.05, 0) is 79.6 Å². The molecule has 1 aromatic heterocycles. The van der Waals surface area contributed by atoms with Gasteiger partial charge in [0.15, 0.2) is 0 Å². The molecular weight excluding hydrogens is 506 g/mol. The number of aliphatic hydroxyl groups is 1. The number of nitrogens with zero attached hydrogens (tertiary/aromatic N) is 4. The highest BCUT2D eigenvalue weighted by atomic mass is 16.3. The molecule has 3 aliphatic heterocycles. The second-order valence-corrected chi connectivity index (χ2v) is 11.1. The minimum atomic E-state index is -1.03. The van der Waals surface area contributed by atoms with E-state index in [-0.39, 0.29) is 24.3 Å². The maximum absolute atomic E-state index is 13.2. The average Bonchev–Trinajstić information content (AvgIpc) is 3.49. The third-order valence-electron chi connectivity index (χ3n) is 8.39. The number of piperidine rings is 2. The van der Waals surface area contributed by atoms with Crippen LogP contribution in [0.15, 0.2) is 66.9 Å². The van der Waals surface area contributed by atoms with Gasteiger partial charge in [0.05, 0.1) is 12.1 Å². The summed E-state index contributed by atoms with van der Waals surface area (Å²) in [5, 5.41) is 11.2. The molecule has 3 amide bonds. The largest absolute Gasteiger partial charge is 0.388 e. The van der Waals surface area contributed by atoms with Crippen LogP contribution in [0.25, 0.3) is 11.1 Å². The Hall–Kier alpha value is -4.11. The number of likely N-dealkylation sites (tertiary alicyclic amines) is 2. The van der Waals surface area contributed by atoms with Crippen LogP contribution in [-0.4, -0.2) is 87.2 Å². The number of nitrogens with one attached hydrogen (secondary N) is 1. The molecular formula is C31H35N5O4. The summed E-state index contributed by atoms with van der Waals surface area (Å²) in [6.07, 6.45) is 5.94. The normalized spacial score (nSPS) is 18.7. The van der Waals surface area contributed by atoms with Gasteiger partial charge in [-0.15, -0.1) is 0 Å². The minimum absolute atomic E-state index is 0.0652. The van der Waals surface area contributed by atoms with E-state index in [1.54, 1.807) is 26.7 Å². The van der Waals surface area contributed by atoms with E-state index in [1.807, 2.05) is 59.5 Å². The van der Waals surface area contributed by atoms with Crippen LogP contribution in [0.5, 0.6) is 0 Å². The number of benzene rings is 2. The van der Waals surface area contributed by atoms with Crippen molar-refractivity contribution < 1.29 is 19.5 Å². The monoisotopic (exact) mass is 541 g/mol. The molecule has 0 saturated carbocycles. The molecule has 2 fully saturated rings. The number of amides is 3. The van der Waals surface area contributed by atoms with Crippen molar-refractivity contribution in [2.45, 2.75) is 37.7 Å². The number of hydrogen-bond acceptors (Lipinski definition) is 5. The summed E-state index contributed by atoms with van der Waals surface area (Å²) < 4.78 is 1.70. The van der Waals surface area contributed by atoms with Gasteiger partial charge >= 0.3 is 0 Å². The van der Waals surface area contributed by atoms with Crippen LogP contribution < -0.4 is 5.43 Å². The number of rotatable bonds is 5. The van der Waals surface area contributed by atoms with Gasteiger partial charge in [0.1, 0.15) is 12.4 Å². The lowest BCUT2D eigenvalue weighted by atomic mass is 9.90. The Morgan fingerprint density at radius 2 is 1.32 bits per heavy atom. The lowest BCUT2D eigenvalue weighted by Crippen LogP contribution is -2.56. The summed E-state index contributed by atoms with van der Waals surface area (Å²) in [4.78, 5) is 44.1.